The predicted octanol–water partition coefficient (Wildman–Crippen LogP) is 3.39. The first-order valence-corrected chi connectivity index (χ1v) is 6.67. The minimum atomic E-state index is -0.620. The Bertz CT molecular complexity index is 675. The number of para-hydroxylation sites is 2. The van der Waals surface area contributed by atoms with Crippen molar-refractivity contribution in [2.45, 2.75) is 13.0 Å². The molecule has 108 valence electrons. The highest BCUT2D eigenvalue weighted by Gasteiger charge is 2.16. The van der Waals surface area contributed by atoms with E-state index in [9.17, 15) is 5.11 Å². The average molecular weight is 282 g/mol. The number of anilines is 2. The molecule has 1 atom stereocenters. The zero-order chi connectivity index (χ0) is 15.4. The topological polar surface area (TPSA) is 56.5 Å². The maximum atomic E-state index is 9.95. The predicted molar refractivity (Wildman–Crippen MR) is 82.8 cm³/mol. The third kappa shape index (κ3) is 2.99. The highest BCUT2D eigenvalue weighted by Crippen LogP contribution is 2.36. The molecular formula is C17H18N2O2. The largest absolute Gasteiger partial charge is 0.495 e. The van der Waals surface area contributed by atoms with Crippen LogP contribution in [0.5, 0.6) is 5.75 Å². The summed E-state index contributed by atoms with van der Waals surface area (Å²) in [6, 6.07) is 15.0. The standard InChI is InChI=1S/C17H18N2O2/c1-12(20)14-9-8-13(11-18)10-16(14)19(2)15-6-4-5-7-17(15)21-3/h4-10,12,20H,1-3H3/t12-/m1/s1. The van der Waals surface area contributed by atoms with Gasteiger partial charge in [0.1, 0.15) is 5.75 Å². The van der Waals surface area contributed by atoms with E-state index in [1.54, 1.807) is 32.2 Å². The van der Waals surface area contributed by atoms with E-state index in [-0.39, 0.29) is 0 Å². The quantitative estimate of drug-likeness (QED) is 0.934. The van der Waals surface area contributed by atoms with Crippen LogP contribution in [-0.4, -0.2) is 19.3 Å². The second-order valence-corrected chi connectivity index (χ2v) is 4.79. The van der Waals surface area contributed by atoms with Gasteiger partial charge in [-0.2, -0.15) is 5.26 Å². The van der Waals surface area contributed by atoms with E-state index in [4.69, 9.17) is 10.00 Å². The minimum Gasteiger partial charge on any atom is -0.495 e. The molecule has 0 heterocycles. The summed E-state index contributed by atoms with van der Waals surface area (Å²) in [5.41, 5.74) is 2.98. The van der Waals surface area contributed by atoms with Crippen LogP contribution in [0.15, 0.2) is 42.5 Å². The van der Waals surface area contributed by atoms with Gasteiger partial charge in [-0.15, -0.1) is 0 Å². The molecule has 21 heavy (non-hydrogen) atoms. The zero-order valence-electron chi connectivity index (χ0n) is 12.4. The lowest BCUT2D eigenvalue weighted by molar-refractivity contribution is 0.200. The van der Waals surface area contributed by atoms with Crippen molar-refractivity contribution in [2.24, 2.45) is 0 Å². The Morgan fingerprint density at radius 1 is 1.19 bits per heavy atom. The number of benzene rings is 2. The number of nitrogens with zero attached hydrogens (tertiary/aromatic N) is 2. The van der Waals surface area contributed by atoms with Crippen LogP contribution in [-0.2, 0) is 0 Å². The first kappa shape index (κ1) is 14.9. The van der Waals surface area contributed by atoms with Crippen molar-refractivity contribution in [3.63, 3.8) is 0 Å². The SMILES string of the molecule is COc1ccccc1N(C)c1cc(C#N)ccc1[C@@H](C)O. The molecule has 2 rings (SSSR count). The third-order valence-corrected chi connectivity index (χ3v) is 3.42. The number of ether oxygens (including phenoxy) is 1. The fourth-order valence-corrected chi connectivity index (χ4v) is 2.29. The monoisotopic (exact) mass is 282 g/mol. The summed E-state index contributed by atoms with van der Waals surface area (Å²) >= 11 is 0. The summed E-state index contributed by atoms with van der Waals surface area (Å²) < 4.78 is 5.38. The maximum Gasteiger partial charge on any atom is 0.142 e. The number of aliphatic hydroxyl groups excluding tert-OH is 1. The molecule has 4 heteroatoms. The molecule has 0 saturated heterocycles. The van der Waals surface area contributed by atoms with Gasteiger partial charge in [0.15, 0.2) is 0 Å². The summed E-state index contributed by atoms with van der Waals surface area (Å²) in [5.74, 6) is 0.735. The first-order valence-electron chi connectivity index (χ1n) is 6.67. The number of rotatable bonds is 4. The lowest BCUT2D eigenvalue weighted by atomic mass is 10.0. The van der Waals surface area contributed by atoms with Crippen LogP contribution < -0.4 is 9.64 Å². The molecule has 0 saturated carbocycles. The van der Waals surface area contributed by atoms with Crippen LogP contribution in [0, 0.1) is 11.3 Å². The van der Waals surface area contributed by atoms with E-state index in [1.165, 1.54) is 0 Å². The van der Waals surface area contributed by atoms with Crippen molar-refractivity contribution in [3.8, 4) is 11.8 Å². The van der Waals surface area contributed by atoms with Crippen molar-refractivity contribution in [3.05, 3.63) is 53.6 Å². The van der Waals surface area contributed by atoms with Crippen molar-refractivity contribution in [1.82, 2.24) is 0 Å². The van der Waals surface area contributed by atoms with Gasteiger partial charge in [0.05, 0.1) is 30.5 Å². The van der Waals surface area contributed by atoms with Gasteiger partial charge in [-0.05, 0) is 31.2 Å². The molecule has 0 bridgehead atoms. The van der Waals surface area contributed by atoms with Gasteiger partial charge in [0, 0.05) is 18.3 Å². The van der Waals surface area contributed by atoms with Crippen molar-refractivity contribution < 1.29 is 9.84 Å². The van der Waals surface area contributed by atoms with E-state index in [0.29, 0.717) is 5.56 Å². The lowest BCUT2D eigenvalue weighted by Crippen LogP contribution is -2.14. The summed E-state index contributed by atoms with van der Waals surface area (Å²) in [5, 5.41) is 19.0. The van der Waals surface area contributed by atoms with E-state index in [2.05, 4.69) is 6.07 Å². The zero-order valence-corrected chi connectivity index (χ0v) is 12.4. The molecule has 0 aromatic heterocycles. The fourth-order valence-electron chi connectivity index (χ4n) is 2.29. The van der Waals surface area contributed by atoms with Crippen LogP contribution in [0.1, 0.15) is 24.2 Å². The molecule has 0 spiro atoms. The van der Waals surface area contributed by atoms with Crippen LogP contribution in [0.25, 0.3) is 0 Å². The molecule has 0 aliphatic carbocycles. The number of nitriles is 1. The fraction of sp³-hybridized carbons (Fsp3) is 0.235. The average Bonchev–Trinajstić information content (AvgIpc) is 2.53. The summed E-state index contributed by atoms with van der Waals surface area (Å²) in [6.45, 7) is 1.71. The normalized spacial score (nSPS) is 11.6. The van der Waals surface area contributed by atoms with Crippen LogP contribution in [0.4, 0.5) is 11.4 Å². The van der Waals surface area contributed by atoms with Gasteiger partial charge in [0.25, 0.3) is 0 Å². The molecule has 2 aromatic carbocycles. The summed E-state index contributed by atoms with van der Waals surface area (Å²) in [7, 11) is 3.51. The summed E-state index contributed by atoms with van der Waals surface area (Å²) in [6.07, 6.45) is -0.620. The molecule has 0 unspecified atom stereocenters. The summed E-state index contributed by atoms with van der Waals surface area (Å²) in [4.78, 5) is 1.92. The molecule has 0 aliphatic heterocycles. The van der Waals surface area contributed by atoms with Gasteiger partial charge < -0.3 is 14.7 Å². The van der Waals surface area contributed by atoms with Crippen molar-refractivity contribution in [1.29, 1.82) is 5.26 Å². The molecule has 0 aliphatic rings. The second kappa shape index (κ2) is 6.29. The Hall–Kier alpha value is -2.51. The van der Waals surface area contributed by atoms with Crippen LogP contribution in [0.3, 0.4) is 0 Å². The van der Waals surface area contributed by atoms with Gasteiger partial charge in [-0.25, -0.2) is 0 Å². The molecule has 0 fully saturated rings. The lowest BCUT2D eigenvalue weighted by Gasteiger charge is -2.25. The molecule has 2 aromatic rings. The number of aliphatic hydroxyl groups is 1. The van der Waals surface area contributed by atoms with Crippen molar-refractivity contribution >= 4 is 11.4 Å². The van der Waals surface area contributed by atoms with Crippen LogP contribution in [0.2, 0.25) is 0 Å². The van der Waals surface area contributed by atoms with Gasteiger partial charge in [-0.1, -0.05) is 18.2 Å². The highest BCUT2D eigenvalue weighted by atomic mass is 16.5. The highest BCUT2D eigenvalue weighted by molar-refractivity contribution is 5.72. The Morgan fingerprint density at radius 3 is 2.52 bits per heavy atom. The van der Waals surface area contributed by atoms with Gasteiger partial charge >= 0.3 is 0 Å². The smallest absolute Gasteiger partial charge is 0.142 e. The first-order chi connectivity index (χ1) is 10.1. The number of methoxy groups -OCH3 is 1. The molecule has 4 nitrogen and oxygen atoms in total. The molecular weight excluding hydrogens is 264 g/mol. The van der Waals surface area contributed by atoms with Crippen molar-refractivity contribution in [2.75, 3.05) is 19.1 Å². The number of hydrogen-bond acceptors (Lipinski definition) is 4. The molecule has 0 amide bonds. The Morgan fingerprint density at radius 2 is 1.90 bits per heavy atom. The van der Waals surface area contributed by atoms with E-state index >= 15 is 0 Å². The Balaban J connectivity index is 2.56. The minimum absolute atomic E-state index is 0.552. The Kier molecular flexibility index (Phi) is 4.46. The van der Waals surface area contributed by atoms with Crippen LogP contribution >= 0.6 is 0 Å². The van der Waals surface area contributed by atoms with E-state index in [1.807, 2.05) is 36.2 Å². The third-order valence-electron chi connectivity index (χ3n) is 3.42. The number of hydrogen-bond donors (Lipinski definition) is 1. The maximum absolute atomic E-state index is 9.95. The van der Waals surface area contributed by atoms with E-state index in [0.717, 1.165) is 22.7 Å². The van der Waals surface area contributed by atoms with Gasteiger partial charge in [0.2, 0.25) is 0 Å². The Labute approximate surface area is 124 Å². The molecule has 0 radical (unpaired) electrons. The second-order valence-electron chi connectivity index (χ2n) is 4.79. The molecule has 1 N–H and O–H groups in total. The van der Waals surface area contributed by atoms with E-state index < -0.39 is 6.10 Å². The van der Waals surface area contributed by atoms with Gasteiger partial charge in [-0.3, -0.25) is 0 Å².